The summed E-state index contributed by atoms with van der Waals surface area (Å²) >= 11 is 0. The molecular formula is C14H16F3N3O3. The van der Waals surface area contributed by atoms with Crippen LogP contribution < -0.4 is 4.90 Å². The average molecular weight is 331 g/mol. The second-order valence-corrected chi connectivity index (χ2v) is 5.41. The molecule has 1 fully saturated rings. The number of carbonyl (C=O) groups is 1. The number of alkyl halides is 3. The van der Waals surface area contributed by atoms with Crippen LogP contribution in [0.2, 0.25) is 0 Å². The van der Waals surface area contributed by atoms with Crippen molar-refractivity contribution in [2.45, 2.75) is 25.1 Å². The highest BCUT2D eigenvalue weighted by Gasteiger charge is 2.43. The van der Waals surface area contributed by atoms with Gasteiger partial charge in [0.15, 0.2) is 0 Å². The number of carbonyl (C=O) groups excluding carboxylic acids is 1. The lowest BCUT2D eigenvalue weighted by atomic mass is 10.0. The van der Waals surface area contributed by atoms with Gasteiger partial charge in [0, 0.05) is 44.0 Å². The first-order valence-corrected chi connectivity index (χ1v) is 7.03. The maximum absolute atomic E-state index is 12.4. The van der Waals surface area contributed by atoms with E-state index in [1.165, 1.54) is 19.2 Å². The molecule has 9 heteroatoms. The van der Waals surface area contributed by atoms with Crippen molar-refractivity contribution in [1.82, 2.24) is 4.90 Å². The molecule has 126 valence electrons. The van der Waals surface area contributed by atoms with Gasteiger partial charge >= 0.3 is 12.1 Å². The Bertz CT molecular complexity index is 581. The largest absolute Gasteiger partial charge is 0.471 e. The standard InChI is InChI=1S/C14H16F3N3O3/c1-18(13(21)14(15,16)17)10-6-8-19(9-7-10)11-2-4-12(5-3-11)20(22)23/h2-5,10H,6-9H2,1H3. The normalized spacial score (nSPS) is 16.3. The van der Waals surface area contributed by atoms with Gasteiger partial charge < -0.3 is 9.80 Å². The Hall–Kier alpha value is -2.32. The van der Waals surface area contributed by atoms with Crippen LogP contribution in [0.5, 0.6) is 0 Å². The van der Waals surface area contributed by atoms with E-state index in [-0.39, 0.29) is 5.69 Å². The molecule has 1 aliphatic rings. The zero-order valence-corrected chi connectivity index (χ0v) is 12.4. The number of nitro groups is 1. The molecule has 0 spiro atoms. The van der Waals surface area contributed by atoms with Crippen molar-refractivity contribution in [2.75, 3.05) is 25.0 Å². The Labute approximate surface area is 130 Å². The summed E-state index contributed by atoms with van der Waals surface area (Å²) in [5, 5.41) is 10.6. The van der Waals surface area contributed by atoms with Crippen LogP contribution in [0.4, 0.5) is 24.5 Å². The van der Waals surface area contributed by atoms with Crippen molar-refractivity contribution in [1.29, 1.82) is 0 Å². The molecule has 0 unspecified atom stereocenters. The number of benzene rings is 1. The minimum atomic E-state index is -4.86. The minimum absolute atomic E-state index is 0.0147. The van der Waals surface area contributed by atoms with Crippen LogP contribution in [0.25, 0.3) is 0 Å². The quantitative estimate of drug-likeness (QED) is 0.631. The lowest BCUT2D eigenvalue weighted by Crippen LogP contribution is -2.49. The van der Waals surface area contributed by atoms with E-state index < -0.39 is 23.0 Å². The van der Waals surface area contributed by atoms with E-state index in [0.717, 1.165) is 10.6 Å². The predicted molar refractivity (Wildman–Crippen MR) is 77.2 cm³/mol. The van der Waals surface area contributed by atoms with Crippen LogP contribution in [0, 0.1) is 10.1 Å². The molecule has 0 aliphatic carbocycles. The average Bonchev–Trinajstić information content (AvgIpc) is 2.53. The molecule has 1 aromatic carbocycles. The van der Waals surface area contributed by atoms with Gasteiger partial charge in [0.05, 0.1) is 4.92 Å². The van der Waals surface area contributed by atoms with E-state index in [9.17, 15) is 28.1 Å². The van der Waals surface area contributed by atoms with E-state index in [4.69, 9.17) is 0 Å². The second-order valence-electron chi connectivity index (χ2n) is 5.41. The fourth-order valence-electron chi connectivity index (χ4n) is 2.66. The molecule has 0 radical (unpaired) electrons. The highest BCUT2D eigenvalue weighted by molar-refractivity contribution is 5.81. The lowest BCUT2D eigenvalue weighted by molar-refractivity contribution is -0.384. The topological polar surface area (TPSA) is 66.7 Å². The van der Waals surface area contributed by atoms with Crippen LogP contribution in [0.15, 0.2) is 24.3 Å². The predicted octanol–water partition coefficient (Wildman–Crippen LogP) is 2.58. The number of nitrogens with zero attached hydrogens (tertiary/aromatic N) is 3. The van der Waals surface area contributed by atoms with Gasteiger partial charge in [-0.15, -0.1) is 0 Å². The zero-order valence-electron chi connectivity index (χ0n) is 12.4. The van der Waals surface area contributed by atoms with Crippen molar-refractivity contribution in [3.8, 4) is 0 Å². The number of amides is 1. The lowest BCUT2D eigenvalue weighted by Gasteiger charge is -2.38. The fourth-order valence-corrected chi connectivity index (χ4v) is 2.66. The van der Waals surface area contributed by atoms with Crippen LogP contribution in [-0.4, -0.2) is 48.1 Å². The second kappa shape index (κ2) is 6.43. The van der Waals surface area contributed by atoms with Gasteiger partial charge in [-0.25, -0.2) is 0 Å². The third-order valence-corrected chi connectivity index (χ3v) is 4.00. The third kappa shape index (κ3) is 3.91. The molecule has 0 atom stereocenters. The maximum atomic E-state index is 12.4. The Balaban J connectivity index is 1.95. The Morgan fingerprint density at radius 2 is 1.78 bits per heavy atom. The van der Waals surface area contributed by atoms with E-state index in [1.807, 2.05) is 4.90 Å². The molecule has 0 saturated carbocycles. The van der Waals surface area contributed by atoms with Crippen molar-refractivity contribution in [3.05, 3.63) is 34.4 Å². The number of halogens is 3. The van der Waals surface area contributed by atoms with E-state index >= 15 is 0 Å². The van der Waals surface area contributed by atoms with Gasteiger partial charge in [-0.1, -0.05) is 0 Å². The van der Waals surface area contributed by atoms with Crippen molar-refractivity contribution < 1.29 is 22.9 Å². The molecule has 1 saturated heterocycles. The van der Waals surface area contributed by atoms with Crippen molar-refractivity contribution in [2.24, 2.45) is 0 Å². The molecule has 1 aliphatic heterocycles. The summed E-state index contributed by atoms with van der Waals surface area (Å²) in [6.07, 6.45) is -4.03. The number of hydrogen-bond donors (Lipinski definition) is 0. The summed E-state index contributed by atoms with van der Waals surface area (Å²) in [5.74, 6) is -1.83. The molecule has 1 amide bonds. The Morgan fingerprint density at radius 3 is 2.22 bits per heavy atom. The molecule has 0 bridgehead atoms. The summed E-state index contributed by atoms with van der Waals surface area (Å²) in [4.78, 5) is 24.1. The minimum Gasteiger partial charge on any atom is -0.371 e. The van der Waals surface area contributed by atoms with Gasteiger partial charge in [-0.2, -0.15) is 13.2 Å². The SMILES string of the molecule is CN(C(=O)C(F)(F)F)C1CCN(c2ccc([N+](=O)[O-])cc2)CC1. The first-order chi connectivity index (χ1) is 10.7. The van der Waals surface area contributed by atoms with Gasteiger partial charge in [0.1, 0.15) is 0 Å². The van der Waals surface area contributed by atoms with Crippen LogP contribution in [-0.2, 0) is 4.79 Å². The third-order valence-electron chi connectivity index (χ3n) is 4.00. The smallest absolute Gasteiger partial charge is 0.371 e. The zero-order chi connectivity index (χ0) is 17.2. The summed E-state index contributed by atoms with van der Waals surface area (Å²) < 4.78 is 37.3. The molecule has 6 nitrogen and oxygen atoms in total. The molecular weight excluding hydrogens is 315 g/mol. The first kappa shape index (κ1) is 17.0. The number of rotatable bonds is 3. The van der Waals surface area contributed by atoms with Gasteiger partial charge in [-0.3, -0.25) is 14.9 Å². The summed E-state index contributed by atoms with van der Waals surface area (Å²) in [5.41, 5.74) is 0.762. The summed E-state index contributed by atoms with van der Waals surface area (Å²) in [6, 6.07) is 5.55. The first-order valence-electron chi connectivity index (χ1n) is 7.03. The van der Waals surface area contributed by atoms with Gasteiger partial charge in [0.25, 0.3) is 5.69 Å². The molecule has 0 N–H and O–H groups in total. The molecule has 0 aromatic heterocycles. The van der Waals surface area contributed by atoms with Crippen molar-refractivity contribution in [3.63, 3.8) is 0 Å². The van der Waals surface area contributed by atoms with Crippen LogP contribution in [0.1, 0.15) is 12.8 Å². The van der Waals surface area contributed by atoms with E-state index in [0.29, 0.717) is 25.9 Å². The fraction of sp³-hybridized carbons (Fsp3) is 0.500. The number of non-ortho nitro benzene ring substituents is 1. The number of hydrogen-bond acceptors (Lipinski definition) is 4. The maximum Gasteiger partial charge on any atom is 0.471 e. The van der Waals surface area contributed by atoms with Crippen molar-refractivity contribution >= 4 is 17.3 Å². The highest BCUT2D eigenvalue weighted by Crippen LogP contribution is 2.26. The molecule has 23 heavy (non-hydrogen) atoms. The number of anilines is 1. The number of piperidine rings is 1. The molecule has 1 aromatic rings. The van der Waals surface area contributed by atoms with Crippen LogP contribution in [0.3, 0.4) is 0 Å². The molecule has 1 heterocycles. The van der Waals surface area contributed by atoms with Gasteiger partial charge in [-0.05, 0) is 25.0 Å². The van der Waals surface area contributed by atoms with Gasteiger partial charge in [0.2, 0.25) is 0 Å². The molecule has 2 rings (SSSR count). The summed E-state index contributed by atoms with van der Waals surface area (Å²) in [6.45, 7) is 0.968. The van der Waals surface area contributed by atoms with Crippen LogP contribution >= 0.6 is 0 Å². The highest BCUT2D eigenvalue weighted by atomic mass is 19.4. The summed E-state index contributed by atoms with van der Waals surface area (Å²) in [7, 11) is 1.17. The number of nitro benzene ring substituents is 1. The monoisotopic (exact) mass is 331 g/mol. The van der Waals surface area contributed by atoms with E-state index in [2.05, 4.69) is 0 Å². The Kier molecular flexibility index (Phi) is 4.76. The Morgan fingerprint density at radius 1 is 1.26 bits per heavy atom. The van der Waals surface area contributed by atoms with E-state index in [1.54, 1.807) is 12.1 Å².